The molecule has 0 heterocycles. The Kier molecular flexibility index (Phi) is 4.19. The van der Waals surface area contributed by atoms with E-state index in [9.17, 15) is 5.11 Å². The van der Waals surface area contributed by atoms with E-state index in [4.69, 9.17) is 4.74 Å². The van der Waals surface area contributed by atoms with Crippen LogP contribution in [0, 0.1) is 0 Å². The second-order valence-electron chi connectivity index (χ2n) is 4.13. The van der Waals surface area contributed by atoms with Crippen LogP contribution in [0.1, 0.15) is 17.2 Å². The van der Waals surface area contributed by atoms with Gasteiger partial charge in [-0.2, -0.15) is 0 Å². The monoisotopic (exact) mass is 252 g/mol. The lowest BCUT2D eigenvalue weighted by atomic mass is 9.96. The summed E-state index contributed by atoms with van der Waals surface area (Å²) in [6.45, 7) is 3.67. The normalized spacial score (nSPS) is 11.5. The summed E-state index contributed by atoms with van der Waals surface area (Å²) in [6, 6.07) is 16.9. The van der Waals surface area contributed by atoms with Gasteiger partial charge in [0.05, 0.1) is 7.11 Å². The van der Waals surface area contributed by atoms with Crippen molar-refractivity contribution in [2.45, 2.75) is 6.10 Å². The summed E-state index contributed by atoms with van der Waals surface area (Å²) >= 11 is 0. The SMILES string of the molecule is C=C=C(c1ccc(OC)cc1)C(O)c1ccccc1. The first-order valence-electron chi connectivity index (χ1n) is 6.03. The lowest BCUT2D eigenvalue weighted by Crippen LogP contribution is -2.00. The van der Waals surface area contributed by atoms with Gasteiger partial charge < -0.3 is 9.84 Å². The Balaban J connectivity index is 2.32. The third-order valence-electron chi connectivity index (χ3n) is 2.98. The van der Waals surface area contributed by atoms with Gasteiger partial charge in [0.2, 0.25) is 0 Å². The lowest BCUT2D eigenvalue weighted by molar-refractivity contribution is 0.238. The van der Waals surface area contributed by atoms with Crippen LogP contribution < -0.4 is 4.74 Å². The molecule has 1 N–H and O–H groups in total. The fraction of sp³-hybridized carbons (Fsp3) is 0.118. The molecule has 0 saturated heterocycles. The van der Waals surface area contributed by atoms with Gasteiger partial charge in [-0.25, -0.2) is 0 Å². The molecule has 0 aliphatic rings. The lowest BCUT2D eigenvalue weighted by Gasteiger charge is -2.14. The van der Waals surface area contributed by atoms with Crippen molar-refractivity contribution in [3.63, 3.8) is 0 Å². The molecule has 0 aliphatic carbocycles. The highest BCUT2D eigenvalue weighted by Gasteiger charge is 2.14. The van der Waals surface area contributed by atoms with Crippen LogP contribution in [0.15, 0.2) is 66.9 Å². The smallest absolute Gasteiger partial charge is 0.118 e. The number of aliphatic hydroxyl groups is 1. The molecule has 2 aromatic rings. The number of rotatable bonds is 4. The molecule has 0 bridgehead atoms. The highest BCUT2D eigenvalue weighted by atomic mass is 16.5. The van der Waals surface area contributed by atoms with Crippen molar-refractivity contribution in [3.05, 3.63) is 78.0 Å². The Morgan fingerprint density at radius 2 is 1.74 bits per heavy atom. The predicted molar refractivity (Wildman–Crippen MR) is 76.9 cm³/mol. The number of hydrogen-bond donors (Lipinski definition) is 1. The second kappa shape index (κ2) is 6.05. The highest BCUT2D eigenvalue weighted by molar-refractivity contribution is 5.69. The summed E-state index contributed by atoms with van der Waals surface area (Å²) < 4.78 is 5.12. The fourth-order valence-electron chi connectivity index (χ4n) is 1.93. The summed E-state index contributed by atoms with van der Waals surface area (Å²) in [4.78, 5) is 0. The number of benzene rings is 2. The van der Waals surface area contributed by atoms with Crippen molar-refractivity contribution in [2.24, 2.45) is 0 Å². The third kappa shape index (κ3) is 2.94. The van der Waals surface area contributed by atoms with E-state index >= 15 is 0 Å². The summed E-state index contributed by atoms with van der Waals surface area (Å²) in [5.41, 5.74) is 5.20. The van der Waals surface area contributed by atoms with Gasteiger partial charge in [0.1, 0.15) is 11.9 Å². The van der Waals surface area contributed by atoms with Gasteiger partial charge in [0.15, 0.2) is 0 Å². The molecule has 0 radical (unpaired) electrons. The van der Waals surface area contributed by atoms with Gasteiger partial charge in [-0.15, -0.1) is 5.73 Å². The van der Waals surface area contributed by atoms with Crippen LogP contribution >= 0.6 is 0 Å². The van der Waals surface area contributed by atoms with E-state index < -0.39 is 6.10 Å². The number of aliphatic hydroxyl groups excluding tert-OH is 1. The molecule has 1 atom stereocenters. The molecule has 2 aromatic carbocycles. The minimum absolute atomic E-state index is 0.661. The molecule has 96 valence electrons. The van der Waals surface area contributed by atoms with Crippen LogP contribution in [0.25, 0.3) is 5.57 Å². The van der Waals surface area contributed by atoms with Gasteiger partial charge in [0, 0.05) is 5.57 Å². The second-order valence-corrected chi connectivity index (χ2v) is 4.13. The summed E-state index contributed by atoms with van der Waals surface area (Å²) in [7, 11) is 1.62. The molecule has 2 heteroatoms. The van der Waals surface area contributed by atoms with Gasteiger partial charge in [-0.3, -0.25) is 0 Å². The fourth-order valence-corrected chi connectivity index (χ4v) is 1.93. The Hall–Kier alpha value is -2.28. The van der Waals surface area contributed by atoms with Crippen LogP contribution in [0.5, 0.6) is 5.75 Å². The highest BCUT2D eigenvalue weighted by Crippen LogP contribution is 2.29. The molecule has 0 spiro atoms. The standard InChI is InChI=1S/C17H16O2/c1-3-16(13-9-11-15(19-2)12-10-13)17(18)14-7-5-4-6-8-14/h4-12,17-18H,1H2,2H3. The van der Waals surface area contributed by atoms with E-state index in [2.05, 4.69) is 12.3 Å². The number of hydrogen-bond acceptors (Lipinski definition) is 2. The first kappa shape index (κ1) is 13.2. The van der Waals surface area contributed by atoms with Crippen LogP contribution in [0.4, 0.5) is 0 Å². The van der Waals surface area contributed by atoms with Crippen molar-refractivity contribution in [1.29, 1.82) is 0 Å². The molecule has 1 unspecified atom stereocenters. The summed E-state index contributed by atoms with van der Waals surface area (Å²) in [6.07, 6.45) is -0.730. The first-order chi connectivity index (χ1) is 9.26. The number of methoxy groups -OCH3 is 1. The van der Waals surface area contributed by atoms with Gasteiger partial charge in [-0.1, -0.05) is 49.0 Å². The minimum Gasteiger partial charge on any atom is -0.497 e. The average molecular weight is 252 g/mol. The van der Waals surface area contributed by atoms with Crippen LogP contribution in [0.3, 0.4) is 0 Å². The first-order valence-corrected chi connectivity index (χ1v) is 6.03. The molecule has 2 nitrogen and oxygen atoms in total. The molecule has 0 aliphatic heterocycles. The molecular weight excluding hydrogens is 236 g/mol. The molecule has 0 saturated carbocycles. The van der Waals surface area contributed by atoms with E-state index in [1.807, 2.05) is 54.6 Å². The van der Waals surface area contributed by atoms with E-state index in [1.54, 1.807) is 7.11 Å². The zero-order chi connectivity index (χ0) is 13.7. The van der Waals surface area contributed by atoms with Crippen molar-refractivity contribution >= 4 is 5.57 Å². The van der Waals surface area contributed by atoms with Gasteiger partial charge >= 0.3 is 0 Å². The maximum Gasteiger partial charge on any atom is 0.118 e. The Morgan fingerprint density at radius 3 is 2.26 bits per heavy atom. The average Bonchev–Trinajstić information content (AvgIpc) is 2.49. The van der Waals surface area contributed by atoms with Crippen molar-refractivity contribution in [2.75, 3.05) is 7.11 Å². The van der Waals surface area contributed by atoms with Crippen molar-refractivity contribution in [1.82, 2.24) is 0 Å². The maximum atomic E-state index is 10.4. The molecular formula is C17H16O2. The predicted octanol–water partition coefficient (Wildman–Crippen LogP) is 3.60. The quantitative estimate of drug-likeness (QED) is 0.842. The topological polar surface area (TPSA) is 29.5 Å². The van der Waals surface area contributed by atoms with Crippen molar-refractivity contribution < 1.29 is 9.84 Å². The van der Waals surface area contributed by atoms with E-state index in [0.29, 0.717) is 5.57 Å². The van der Waals surface area contributed by atoms with Gasteiger partial charge in [-0.05, 0) is 23.3 Å². The third-order valence-corrected chi connectivity index (χ3v) is 2.98. The van der Waals surface area contributed by atoms with Gasteiger partial charge in [0.25, 0.3) is 0 Å². The van der Waals surface area contributed by atoms with E-state index in [0.717, 1.165) is 16.9 Å². The zero-order valence-corrected chi connectivity index (χ0v) is 10.8. The minimum atomic E-state index is -0.730. The molecule has 0 fully saturated rings. The summed E-state index contributed by atoms with van der Waals surface area (Å²) in [5, 5.41) is 10.4. The molecule has 19 heavy (non-hydrogen) atoms. The Bertz CT molecular complexity index is 578. The number of ether oxygens (including phenoxy) is 1. The zero-order valence-electron chi connectivity index (χ0n) is 10.8. The molecule has 0 aromatic heterocycles. The van der Waals surface area contributed by atoms with Crippen LogP contribution in [-0.4, -0.2) is 12.2 Å². The maximum absolute atomic E-state index is 10.4. The molecule has 0 amide bonds. The van der Waals surface area contributed by atoms with E-state index in [-0.39, 0.29) is 0 Å². The summed E-state index contributed by atoms with van der Waals surface area (Å²) in [5.74, 6) is 0.779. The largest absolute Gasteiger partial charge is 0.497 e. The van der Waals surface area contributed by atoms with Crippen LogP contribution in [0.2, 0.25) is 0 Å². The Morgan fingerprint density at radius 1 is 1.11 bits per heavy atom. The van der Waals surface area contributed by atoms with Crippen molar-refractivity contribution in [3.8, 4) is 5.75 Å². The Labute approximate surface area is 113 Å². The van der Waals surface area contributed by atoms with Crippen LogP contribution in [-0.2, 0) is 0 Å². The molecule has 2 rings (SSSR count). The van der Waals surface area contributed by atoms with E-state index in [1.165, 1.54) is 0 Å².